The van der Waals surface area contributed by atoms with Gasteiger partial charge in [-0.1, -0.05) is 37.1 Å². The molecular weight excluding hydrogens is 250 g/mol. The summed E-state index contributed by atoms with van der Waals surface area (Å²) in [7, 11) is 0. The van der Waals surface area contributed by atoms with Gasteiger partial charge in [0.15, 0.2) is 0 Å². The monoisotopic (exact) mass is 273 g/mol. The molecule has 2 aliphatic carbocycles. The molecule has 108 valence electrons. The van der Waals surface area contributed by atoms with E-state index in [2.05, 4.69) is 29.2 Å². The number of hydrogen-bond acceptors (Lipinski definition) is 2. The number of rotatable bonds is 4. The number of nitrogens with zero attached hydrogens (tertiary/aromatic N) is 1. The standard InChI is InChI=1S/C17H23NO2/c19-17(20)12-18(14-8-2-3-9-14)16-11-5-7-13-6-1-4-10-15(13)16/h1,4,6,10,14,16H,2-3,5,7-9,11-12H2,(H,19,20). The Kier molecular flexibility index (Phi) is 4.06. The van der Waals surface area contributed by atoms with Gasteiger partial charge in [0.1, 0.15) is 0 Å². The van der Waals surface area contributed by atoms with Gasteiger partial charge in [-0.15, -0.1) is 0 Å². The van der Waals surface area contributed by atoms with Crippen molar-refractivity contribution in [2.24, 2.45) is 0 Å². The zero-order chi connectivity index (χ0) is 13.9. The van der Waals surface area contributed by atoms with Crippen LogP contribution in [-0.4, -0.2) is 28.6 Å². The third-order valence-corrected chi connectivity index (χ3v) is 4.85. The fraction of sp³-hybridized carbons (Fsp3) is 0.588. The second-order valence-electron chi connectivity index (χ2n) is 6.11. The highest BCUT2D eigenvalue weighted by molar-refractivity contribution is 5.69. The Balaban J connectivity index is 1.89. The molecule has 0 aromatic heterocycles. The van der Waals surface area contributed by atoms with Crippen molar-refractivity contribution in [3.8, 4) is 0 Å². The van der Waals surface area contributed by atoms with Crippen LogP contribution in [0.2, 0.25) is 0 Å². The zero-order valence-corrected chi connectivity index (χ0v) is 11.9. The molecule has 1 N–H and O–H groups in total. The molecule has 1 unspecified atom stereocenters. The van der Waals surface area contributed by atoms with Crippen LogP contribution in [0, 0.1) is 0 Å². The van der Waals surface area contributed by atoms with Gasteiger partial charge >= 0.3 is 5.97 Å². The van der Waals surface area contributed by atoms with E-state index in [4.69, 9.17) is 0 Å². The van der Waals surface area contributed by atoms with E-state index in [-0.39, 0.29) is 6.54 Å². The first-order valence-corrected chi connectivity index (χ1v) is 7.81. The minimum Gasteiger partial charge on any atom is -0.480 e. The molecule has 2 aliphatic rings. The van der Waals surface area contributed by atoms with Crippen LogP contribution in [0.1, 0.15) is 55.7 Å². The number of hydrogen-bond donors (Lipinski definition) is 1. The third-order valence-electron chi connectivity index (χ3n) is 4.85. The average molecular weight is 273 g/mol. The SMILES string of the molecule is O=C(O)CN(C1CCCC1)C1CCCc2ccccc21. The van der Waals surface area contributed by atoms with Gasteiger partial charge < -0.3 is 5.11 Å². The molecule has 1 saturated carbocycles. The molecule has 0 saturated heterocycles. The second kappa shape index (κ2) is 5.96. The molecule has 0 bridgehead atoms. The fourth-order valence-corrected chi connectivity index (χ4v) is 3.96. The number of aryl methyl sites for hydroxylation is 1. The minimum absolute atomic E-state index is 0.184. The van der Waals surface area contributed by atoms with E-state index in [0.717, 1.165) is 25.7 Å². The maximum Gasteiger partial charge on any atom is 0.317 e. The van der Waals surface area contributed by atoms with Crippen LogP contribution < -0.4 is 0 Å². The summed E-state index contributed by atoms with van der Waals surface area (Å²) in [5.74, 6) is -0.694. The summed E-state index contributed by atoms with van der Waals surface area (Å²) in [6.45, 7) is 0.184. The van der Waals surface area contributed by atoms with Gasteiger partial charge in [-0.3, -0.25) is 9.69 Å². The van der Waals surface area contributed by atoms with Gasteiger partial charge in [0.2, 0.25) is 0 Å². The van der Waals surface area contributed by atoms with Crippen LogP contribution in [-0.2, 0) is 11.2 Å². The molecule has 0 aliphatic heterocycles. The Bertz CT molecular complexity index is 480. The zero-order valence-electron chi connectivity index (χ0n) is 11.9. The van der Waals surface area contributed by atoms with E-state index in [1.54, 1.807) is 0 Å². The first-order valence-electron chi connectivity index (χ1n) is 7.81. The van der Waals surface area contributed by atoms with Gasteiger partial charge in [0.05, 0.1) is 6.54 Å². The highest BCUT2D eigenvalue weighted by atomic mass is 16.4. The molecule has 3 nitrogen and oxygen atoms in total. The number of carboxylic acid groups (broad SMARTS) is 1. The molecule has 1 aromatic carbocycles. The van der Waals surface area contributed by atoms with Crippen molar-refractivity contribution in [2.75, 3.05) is 6.54 Å². The van der Waals surface area contributed by atoms with Crippen molar-refractivity contribution in [1.82, 2.24) is 4.90 Å². The lowest BCUT2D eigenvalue weighted by molar-refractivity contribution is -0.139. The van der Waals surface area contributed by atoms with Gasteiger partial charge in [0.25, 0.3) is 0 Å². The lowest BCUT2D eigenvalue weighted by Crippen LogP contribution is -2.41. The lowest BCUT2D eigenvalue weighted by atomic mass is 9.86. The van der Waals surface area contributed by atoms with Crippen molar-refractivity contribution < 1.29 is 9.90 Å². The Morgan fingerprint density at radius 1 is 1.15 bits per heavy atom. The number of carboxylic acids is 1. The molecule has 1 aromatic rings. The summed E-state index contributed by atoms with van der Waals surface area (Å²) < 4.78 is 0. The quantitative estimate of drug-likeness (QED) is 0.914. The van der Waals surface area contributed by atoms with Crippen molar-refractivity contribution >= 4 is 5.97 Å². The second-order valence-corrected chi connectivity index (χ2v) is 6.11. The summed E-state index contributed by atoms with van der Waals surface area (Å²) >= 11 is 0. The maximum absolute atomic E-state index is 11.3. The van der Waals surface area contributed by atoms with Gasteiger partial charge in [-0.2, -0.15) is 0 Å². The number of aliphatic carboxylic acids is 1. The molecular formula is C17H23NO2. The molecule has 0 heterocycles. The van der Waals surface area contributed by atoms with Crippen molar-refractivity contribution in [3.05, 3.63) is 35.4 Å². The largest absolute Gasteiger partial charge is 0.480 e. The van der Waals surface area contributed by atoms with Crippen LogP contribution in [0.4, 0.5) is 0 Å². The molecule has 3 rings (SSSR count). The smallest absolute Gasteiger partial charge is 0.317 e. The summed E-state index contributed by atoms with van der Waals surface area (Å²) in [5, 5.41) is 9.28. The van der Waals surface area contributed by atoms with Gasteiger partial charge in [-0.05, 0) is 43.2 Å². The first kappa shape index (κ1) is 13.6. The summed E-state index contributed by atoms with van der Waals surface area (Å²) in [4.78, 5) is 13.6. The highest BCUT2D eigenvalue weighted by Gasteiger charge is 2.33. The summed E-state index contributed by atoms with van der Waals surface area (Å²) in [6.07, 6.45) is 8.21. The Morgan fingerprint density at radius 3 is 2.65 bits per heavy atom. The third kappa shape index (κ3) is 2.73. The van der Waals surface area contributed by atoms with Crippen LogP contribution >= 0.6 is 0 Å². The Labute approximate surface area is 120 Å². The molecule has 1 fully saturated rings. The van der Waals surface area contributed by atoms with Crippen LogP contribution in [0.15, 0.2) is 24.3 Å². The predicted molar refractivity (Wildman–Crippen MR) is 78.7 cm³/mol. The topological polar surface area (TPSA) is 40.5 Å². The van der Waals surface area contributed by atoms with E-state index in [0.29, 0.717) is 12.1 Å². The normalized spacial score (nSPS) is 22.9. The first-order chi connectivity index (χ1) is 9.75. The minimum atomic E-state index is -0.694. The van der Waals surface area contributed by atoms with E-state index in [1.165, 1.54) is 30.4 Å². The highest BCUT2D eigenvalue weighted by Crippen LogP contribution is 2.38. The van der Waals surface area contributed by atoms with E-state index in [9.17, 15) is 9.90 Å². The Morgan fingerprint density at radius 2 is 1.90 bits per heavy atom. The van der Waals surface area contributed by atoms with Gasteiger partial charge in [-0.25, -0.2) is 0 Å². The van der Waals surface area contributed by atoms with Crippen molar-refractivity contribution in [1.29, 1.82) is 0 Å². The number of benzene rings is 1. The molecule has 0 amide bonds. The Hall–Kier alpha value is -1.35. The van der Waals surface area contributed by atoms with Crippen LogP contribution in [0.3, 0.4) is 0 Å². The summed E-state index contributed by atoms with van der Waals surface area (Å²) in [5.41, 5.74) is 2.78. The summed E-state index contributed by atoms with van der Waals surface area (Å²) in [6, 6.07) is 9.35. The number of fused-ring (bicyclic) bond motifs is 1. The predicted octanol–water partition coefficient (Wildman–Crippen LogP) is 3.39. The van der Waals surface area contributed by atoms with Crippen molar-refractivity contribution in [3.63, 3.8) is 0 Å². The van der Waals surface area contributed by atoms with E-state index in [1.807, 2.05) is 0 Å². The molecule has 0 spiro atoms. The molecule has 20 heavy (non-hydrogen) atoms. The maximum atomic E-state index is 11.3. The van der Waals surface area contributed by atoms with E-state index < -0.39 is 5.97 Å². The van der Waals surface area contributed by atoms with Crippen molar-refractivity contribution in [2.45, 2.75) is 57.0 Å². The lowest BCUT2D eigenvalue weighted by Gasteiger charge is -2.38. The van der Waals surface area contributed by atoms with Gasteiger partial charge in [0, 0.05) is 12.1 Å². The number of carbonyl (C=O) groups is 1. The van der Waals surface area contributed by atoms with Crippen LogP contribution in [0.25, 0.3) is 0 Å². The average Bonchev–Trinajstić information content (AvgIpc) is 2.98. The molecule has 0 radical (unpaired) electrons. The molecule has 3 heteroatoms. The molecule has 1 atom stereocenters. The van der Waals surface area contributed by atoms with Crippen LogP contribution in [0.5, 0.6) is 0 Å². The fourth-order valence-electron chi connectivity index (χ4n) is 3.96. The van der Waals surface area contributed by atoms with E-state index >= 15 is 0 Å².